The summed E-state index contributed by atoms with van der Waals surface area (Å²) in [5.41, 5.74) is 3.36. The lowest BCUT2D eigenvalue weighted by atomic mass is 10.0. The van der Waals surface area contributed by atoms with Crippen LogP contribution in [-0.4, -0.2) is 66.3 Å². The summed E-state index contributed by atoms with van der Waals surface area (Å²) in [6.45, 7) is 8.60. The molecule has 4 rings (SSSR count). The monoisotopic (exact) mass is 520 g/mol. The Kier molecular flexibility index (Phi) is 9.91. The van der Waals surface area contributed by atoms with Gasteiger partial charge in [-0.25, -0.2) is 0 Å². The minimum Gasteiger partial charge on any atom is -0.491 e. The number of fused-ring (bicyclic) bond motifs is 1. The highest BCUT2D eigenvalue weighted by Crippen LogP contribution is 2.34. The zero-order valence-corrected chi connectivity index (χ0v) is 22.2. The molecule has 2 aromatic carbocycles. The van der Waals surface area contributed by atoms with E-state index in [0.29, 0.717) is 32.8 Å². The van der Waals surface area contributed by atoms with Crippen LogP contribution in [0.15, 0.2) is 78.7 Å². The number of amides is 1. The Bertz CT molecular complexity index is 1150. The second-order valence-corrected chi connectivity index (χ2v) is 10.4. The SMILES string of the molecule is C=CCN(CC(=O)N1CCc2sccc2[C@H]1COc1cccc(C)c1)C[C@@H](O)COCc1ccccc1. The Hall–Kier alpha value is -2.97. The molecule has 0 saturated heterocycles. The molecule has 37 heavy (non-hydrogen) atoms. The second-order valence-electron chi connectivity index (χ2n) is 9.42. The first-order valence-electron chi connectivity index (χ1n) is 12.7. The molecule has 0 saturated carbocycles. The van der Waals surface area contributed by atoms with Crippen LogP contribution >= 0.6 is 11.3 Å². The number of hydrogen-bond acceptors (Lipinski definition) is 6. The molecule has 2 heterocycles. The fraction of sp³-hybridized carbons (Fsp3) is 0.367. The average Bonchev–Trinajstić information content (AvgIpc) is 3.37. The van der Waals surface area contributed by atoms with Crippen molar-refractivity contribution in [2.45, 2.75) is 32.1 Å². The molecule has 0 fully saturated rings. The highest BCUT2D eigenvalue weighted by atomic mass is 32.1. The third kappa shape index (κ3) is 7.76. The zero-order chi connectivity index (χ0) is 26.0. The third-order valence-electron chi connectivity index (χ3n) is 6.45. The molecule has 0 aliphatic carbocycles. The Labute approximate surface area is 223 Å². The molecule has 1 aliphatic heterocycles. The summed E-state index contributed by atoms with van der Waals surface area (Å²) < 4.78 is 11.9. The van der Waals surface area contributed by atoms with Gasteiger partial charge in [0.1, 0.15) is 12.4 Å². The van der Waals surface area contributed by atoms with Crippen molar-refractivity contribution >= 4 is 17.2 Å². The van der Waals surface area contributed by atoms with Crippen LogP contribution in [-0.2, 0) is 22.6 Å². The van der Waals surface area contributed by atoms with Gasteiger partial charge in [0.25, 0.3) is 0 Å². The van der Waals surface area contributed by atoms with Crippen molar-refractivity contribution in [2.24, 2.45) is 0 Å². The van der Waals surface area contributed by atoms with E-state index in [9.17, 15) is 9.90 Å². The van der Waals surface area contributed by atoms with E-state index in [-0.39, 0.29) is 25.1 Å². The number of aliphatic hydroxyl groups is 1. The molecule has 1 amide bonds. The molecule has 196 valence electrons. The van der Waals surface area contributed by atoms with E-state index in [4.69, 9.17) is 9.47 Å². The van der Waals surface area contributed by atoms with Gasteiger partial charge < -0.3 is 19.5 Å². The molecule has 1 aliphatic rings. The van der Waals surface area contributed by atoms with Gasteiger partial charge >= 0.3 is 0 Å². The number of aliphatic hydroxyl groups excluding tert-OH is 1. The maximum atomic E-state index is 13.6. The fourth-order valence-corrected chi connectivity index (χ4v) is 5.59. The van der Waals surface area contributed by atoms with Gasteiger partial charge in [0.2, 0.25) is 5.91 Å². The normalized spacial score (nSPS) is 15.9. The number of benzene rings is 2. The van der Waals surface area contributed by atoms with Gasteiger partial charge in [0.05, 0.1) is 31.9 Å². The number of thiophene rings is 1. The number of aryl methyl sites for hydroxylation is 1. The second kappa shape index (κ2) is 13.5. The first-order chi connectivity index (χ1) is 18.0. The van der Waals surface area contributed by atoms with Crippen LogP contribution < -0.4 is 4.74 Å². The minimum atomic E-state index is -0.707. The van der Waals surface area contributed by atoms with E-state index in [1.54, 1.807) is 17.4 Å². The van der Waals surface area contributed by atoms with Gasteiger partial charge in [0.15, 0.2) is 0 Å². The molecule has 6 nitrogen and oxygen atoms in total. The maximum absolute atomic E-state index is 13.6. The zero-order valence-electron chi connectivity index (χ0n) is 21.4. The summed E-state index contributed by atoms with van der Waals surface area (Å²) in [6, 6.07) is 19.8. The van der Waals surface area contributed by atoms with Crippen molar-refractivity contribution in [2.75, 3.05) is 39.4 Å². The topological polar surface area (TPSA) is 62.2 Å². The number of rotatable bonds is 13. The fourth-order valence-electron chi connectivity index (χ4n) is 4.66. The molecule has 1 aromatic heterocycles. The Morgan fingerprint density at radius 3 is 2.86 bits per heavy atom. The van der Waals surface area contributed by atoms with E-state index >= 15 is 0 Å². The molecule has 0 unspecified atom stereocenters. The number of hydrogen-bond donors (Lipinski definition) is 1. The van der Waals surface area contributed by atoms with Crippen LogP contribution in [0.2, 0.25) is 0 Å². The first-order valence-corrected chi connectivity index (χ1v) is 13.6. The van der Waals surface area contributed by atoms with Crippen LogP contribution in [0.5, 0.6) is 5.75 Å². The van der Waals surface area contributed by atoms with Gasteiger partial charge in [-0.05, 0) is 53.6 Å². The number of carbonyl (C=O) groups is 1. The highest BCUT2D eigenvalue weighted by molar-refractivity contribution is 7.10. The standard InChI is InChI=1S/C30H36N2O4S/c1-3-14-31(18-25(33)21-35-20-24-9-5-4-6-10-24)19-30(34)32-15-12-29-27(13-16-37-29)28(32)22-36-26-11-7-8-23(2)17-26/h3-11,13,16-17,25,28,33H,1,12,14-15,18-22H2,2H3/t25-,28-/m1/s1. The molecule has 2 atom stereocenters. The minimum absolute atomic E-state index is 0.0222. The molecular formula is C30H36N2O4S. The summed E-state index contributed by atoms with van der Waals surface area (Å²) in [6.07, 6.45) is 1.90. The van der Waals surface area contributed by atoms with Crippen molar-refractivity contribution in [1.82, 2.24) is 9.80 Å². The predicted molar refractivity (Wildman–Crippen MR) is 148 cm³/mol. The van der Waals surface area contributed by atoms with Gasteiger partial charge in [-0.3, -0.25) is 9.69 Å². The maximum Gasteiger partial charge on any atom is 0.237 e. The van der Waals surface area contributed by atoms with Crippen LogP contribution in [0.25, 0.3) is 0 Å². The Balaban J connectivity index is 1.36. The van der Waals surface area contributed by atoms with E-state index in [2.05, 4.69) is 18.0 Å². The van der Waals surface area contributed by atoms with Crippen LogP contribution in [0.4, 0.5) is 0 Å². The van der Waals surface area contributed by atoms with Crippen LogP contribution in [0, 0.1) is 6.92 Å². The molecular weight excluding hydrogens is 484 g/mol. The predicted octanol–water partition coefficient (Wildman–Crippen LogP) is 4.63. The molecule has 7 heteroatoms. The Morgan fingerprint density at radius 2 is 2.08 bits per heavy atom. The molecule has 3 aromatic rings. The van der Waals surface area contributed by atoms with Gasteiger partial charge in [-0.15, -0.1) is 17.9 Å². The Morgan fingerprint density at radius 1 is 1.24 bits per heavy atom. The summed E-state index contributed by atoms with van der Waals surface area (Å²) in [5, 5.41) is 12.7. The quantitative estimate of drug-likeness (QED) is 0.333. The largest absolute Gasteiger partial charge is 0.491 e. The summed E-state index contributed by atoms with van der Waals surface area (Å²) in [4.78, 5) is 18.7. The highest BCUT2D eigenvalue weighted by Gasteiger charge is 2.33. The number of nitrogens with zero attached hydrogens (tertiary/aromatic N) is 2. The molecule has 0 bridgehead atoms. The van der Waals surface area contributed by atoms with Gasteiger partial charge in [-0.2, -0.15) is 0 Å². The van der Waals surface area contributed by atoms with E-state index in [0.717, 1.165) is 23.3 Å². The van der Waals surface area contributed by atoms with E-state index in [1.165, 1.54) is 10.4 Å². The van der Waals surface area contributed by atoms with Crippen LogP contribution in [0.3, 0.4) is 0 Å². The summed E-state index contributed by atoms with van der Waals surface area (Å²) in [5.74, 6) is 0.829. The lowest BCUT2D eigenvalue weighted by Gasteiger charge is -2.37. The number of carbonyl (C=O) groups excluding carboxylic acids is 1. The third-order valence-corrected chi connectivity index (χ3v) is 7.45. The van der Waals surface area contributed by atoms with Crippen molar-refractivity contribution in [3.05, 3.63) is 100 Å². The summed E-state index contributed by atoms with van der Waals surface area (Å²) >= 11 is 1.74. The van der Waals surface area contributed by atoms with Gasteiger partial charge in [-0.1, -0.05) is 48.5 Å². The molecule has 0 radical (unpaired) electrons. The average molecular weight is 521 g/mol. The summed E-state index contributed by atoms with van der Waals surface area (Å²) in [7, 11) is 0. The van der Waals surface area contributed by atoms with Crippen molar-refractivity contribution in [3.63, 3.8) is 0 Å². The van der Waals surface area contributed by atoms with Crippen molar-refractivity contribution in [3.8, 4) is 5.75 Å². The smallest absolute Gasteiger partial charge is 0.237 e. The van der Waals surface area contributed by atoms with Gasteiger partial charge in [0, 0.05) is 24.5 Å². The molecule has 1 N–H and O–H groups in total. The van der Waals surface area contributed by atoms with Crippen molar-refractivity contribution in [1.29, 1.82) is 0 Å². The van der Waals surface area contributed by atoms with E-state index in [1.807, 2.05) is 71.3 Å². The van der Waals surface area contributed by atoms with E-state index < -0.39 is 6.10 Å². The lowest BCUT2D eigenvalue weighted by Crippen LogP contribution is -2.48. The molecule has 0 spiro atoms. The first kappa shape index (κ1) is 27.1. The lowest BCUT2D eigenvalue weighted by molar-refractivity contribution is -0.136. The number of ether oxygens (including phenoxy) is 2. The van der Waals surface area contributed by atoms with Crippen molar-refractivity contribution < 1.29 is 19.4 Å². The van der Waals surface area contributed by atoms with Crippen LogP contribution in [0.1, 0.15) is 27.6 Å².